The third-order valence-electron chi connectivity index (χ3n) is 3.45. The number of hydrogen-bond donors (Lipinski definition) is 1. The molecule has 1 saturated heterocycles. The molecule has 86 valence electrons. The first-order chi connectivity index (χ1) is 7.93. The lowest BCUT2D eigenvalue weighted by atomic mass is 9.83. The number of morpholine rings is 1. The summed E-state index contributed by atoms with van der Waals surface area (Å²) in [6.07, 6.45) is 5.79. The number of hydrogen-bond acceptors (Lipinski definition) is 4. The molecule has 1 atom stereocenters. The van der Waals surface area contributed by atoms with Crippen molar-refractivity contribution < 1.29 is 4.74 Å². The molecule has 0 bridgehead atoms. The molecule has 1 unspecified atom stereocenters. The van der Waals surface area contributed by atoms with Crippen LogP contribution in [0, 0.1) is 0 Å². The Morgan fingerprint density at radius 3 is 3.00 bits per heavy atom. The Hall–Kier alpha value is -1.00. The zero-order chi connectivity index (χ0) is 10.8. The molecule has 1 aliphatic heterocycles. The topological polar surface area (TPSA) is 47.0 Å². The Morgan fingerprint density at radius 1 is 1.38 bits per heavy atom. The van der Waals surface area contributed by atoms with Gasteiger partial charge >= 0.3 is 0 Å². The van der Waals surface area contributed by atoms with Crippen molar-refractivity contribution in [2.75, 3.05) is 19.8 Å². The van der Waals surface area contributed by atoms with Gasteiger partial charge in [-0.05, 0) is 18.9 Å². The standard InChI is InChI=1S/C12H17N3O/c1-2-9(3-1)10-4-5-14-12(15-10)11-8-16-7-6-13-11/h4-5,9,11,13H,1-3,6-8H2. The summed E-state index contributed by atoms with van der Waals surface area (Å²) in [6.45, 7) is 2.37. The molecule has 0 spiro atoms. The highest BCUT2D eigenvalue weighted by molar-refractivity contribution is 5.12. The highest BCUT2D eigenvalue weighted by Gasteiger charge is 2.23. The van der Waals surface area contributed by atoms with Gasteiger partial charge in [0.15, 0.2) is 0 Å². The van der Waals surface area contributed by atoms with E-state index >= 15 is 0 Å². The van der Waals surface area contributed by atoms with Gasteiger partial charge in [-0.1, -0.05) is 6.42 Å². The molecule has 1 saturated carbocycles. The van der Waals surface area contributed by atoms with E-state index < -0.39 is 0 Å². The third-order valence-corrected chi connectivity index (χ3v) is 3.45. The van der Waals surface area contributed by atoms with Crippen LogP contribution in [0.3, 0.4) is 0 Å². The molecule has 4 nitrogen and oxygen atoms in total. The van der Waals surface area contributed by atoms with E-state index in [0.717, 1.165) is 19.0 Å². The third kappa shape index (κ3) is 1.95. The van der Waals surface area contributed by atoms with E-state index in [0.29, 0.717) is 12.5 Å². The van der Waals surface area contributed by atoms with Gasteiger partial charge in [-0.3, -0.25) is 0 Å². The Bertz CT molecular complexity index is 359. The number of nitrogens with one attached hydrogen (secondary N) is 1. The lowest BCUT2D eigenvalue weighted by Gasteiger charge is -2.26. The lowest BCUT2D eigenvalue weighted by molar-refractivity contribution is 0.0741. The highest BCUT2D eigenvalue weighted by atomic mass is 16.5. The van der Waals surface area contributed by atoms with Gasteiger partial charge in [0, 0.05) is 24.4 Å². The summed E-state index contributed by atoms with van der Waals surface area (Å²) < 4.78 is 5.43. The predicted molar refractivity (Wildman–Crippen MR) is 60.2 cm³/mol. The Morgan fingerprint density at radius 2 is 2.31 bits per heavy atom. The van der Waals surface area contributed by atoms with Crippen LogP contribution in [0.25, 0.3) is 0 Å². The molecule has 1 aliphatic carbocycles. The zero-order valence-electron chi connectivity index (χ0n) is 9.35. The summed E-state index contributed by atoms with van der Waals surface area (Å²) in [5, 5.41) is 3.39. The lowest BCUT2D eigenvalue weighted by Crippen LogP contribution is -2.35. The average Bonchev–Trinajstić information content (AvgIpc) is 2.28. The van der Waals surface area contributed by atoms with Crippen LogP contribution in [-0.4, -0.2) is 29.7 Å². The van der Waals surface area contributed by atoms with Crippen molar-refractivity contribution in [3.05, 3.63) is 23.8 Å². The Balaban J connectivity index is 1.77. The molecule has 1 aromatic heterocycles. The predicted octanol–water partition coefficient (Wildman–Crippen LogP) is 1.40. The molecule has 1 N–H and O–H groups in total. The van der Waals surface area contributed by atoms with Crippen LogP contribution in [-0.2, 0) is 4.74 Å². The van der Waals surface area contributed by atoms with Crippen molar-refractivity contribution in [1.29, 1.82) is 0 Å². The maximum atomic E-state index is 5.43. The maximum absolute atomic E-state index is 5.43. The number of aromatic nitrogens is 2. The summed E-state index contributed by atoms with van der Waals surface area (Å²) in [5.41, 5.74) is 1.21. The van der Waals surface area contributed by atoms with E-state index in [9.17, 15) is 0 Å². The smallest absolute Gasteiger partial charge is 0.147 e. The summed E-state index contributed by atoms with van der Waals surface area (Å²) in [7, 11) is 0. The minimum absolute atomic E-state index is 0.175. The molecule has 2 heterocycles. The van der Waals surface area contributed by atoms with Crippen molar-refractivity contribution in [2.24, 2.45) is 0 Å². The molecular formula is C12H17N3O. The summed E-state index contributed by atoms with van der Waals surface area (Å²) in [4.78, 5) is 9.02. The first-order valence-electron chi connectivity index (χ1n) is 6.07. The van der Waals surface area contributed by atoms with Gasteiger partial charge in [0.2, 0.25) is 0 Å². The van der Waals surface area contributed by atoms with Crippen LogP contribution in [0.1, 0.15) is 42.7 Å². The SMILES string of the molecule is c1cc(C2CCC2)nc(C2COCCN2)n1. The van der Waals surface area contributed by atoms with Crippen molar-refractivity contribution in [3.8, 4) is 0 Å². The van der Waals surface area contributed by atoms with Crippen LogP contribution in [0.4, 0.5) is 0 Å². The van der Waals surface area contributed by atoms with Crippen LogP contribution < -0.4 is 5.32 Å². The fourth-order valence-corrected chi connectivity index (χ4v) is 2.22. The fraction of sp³-hybridized carbons (Fsp3) is 0.667. The second-order valence-electron chi connectivity index (χ2n) is 4.55. The monoisotopic (exact) mass is 219 g/mol. The first kappa shape index (κ1) is 10.2. The second kappa shape index (κ2) is 4.47. The first-order valence-corrected chi connectivity index (χ1v) is 6.07. The van der Waals surface area contributed by atoms with Gasteiger partial charge in [0.25, 0.3) is 0 Å². The van der Waals surface area contributed by atoms with E-state index in [4.69, 9.17) is 4.74 Å². The van der Waals surface area contributed by atoms with Crippen LogP contribution in [0.15, 0.2) is 12.3 Å². The second-order valence-corrected chi connectivity index (χ2v) is 4.55. The molecule has 1 aromatic rings. The van der Waals surface area contributed by atoms with E-state index in [1.807, 2.05) is 6.20 Å². The minimum Gasteiger partial charge on any atom is -0.378 e. The number of ether oxygens (including phenoxy) is 1. The molecule has 2 fully saturated rings. The molecule has 16 heavy (non-hydrogen) atoms. The van der Waals surface area contributed by atoms with Crippen LogP contribution in [0.2, 0.25) is 0 Å². The van der Waals surface area contributed by atoms with E-state index in [2.05, 4.69) is 21.4 Å². The molecule has 2 aliphatic rings. The molecule has 0 aromatic carbocycles. The fourth-order valence-electron chi connectivity index (χ4n) is 2.22. The van der Waals surface area contributed by atoms with E-state index in [1.54, 1.807) is 0 Å². The Labute approximate surface area is 95.4 Å². The van der Waals surface area contributed by atoms with Crippen LogP contribution in [0.5, 0.6) is 0 Å². The van der Waals surface area contributed by atoms with Gasteiger partial charge < -0.3 is 10.1 Å². The van der Waals surface area contributed by atoms with Crippen molar-refractivity contribution >= 4 is 0 Å². The number of nitrogens with zero attached hydrogens (tertiary/aromatic N) is 2. The van der Waals surface area contributed by atoms with Crippen LogP contribution >= 0.6 is 0 Å². The molecule has 0 amide bonds. The Kier molecular flexibility index (Phi) is 2.84. The molecule has 4 heteroatoms. The van der Waals surface area contributed by atoms with Crippen molar-refractivity contribution in [1.82, 2.24) is 15.3 Å². The molecule has 0 radical (unpaired) electrons. The quantitative estimate of drug-likeness (QED) is 0.817. The normalized spacial score (nSPS) is 26.4. The summed E-state index contributed by atoms with van der Waals surface area (Å²) in [5.74, 6) is 1.57. The maximum Gasteiger partial charge on any atom is 0.147 e. The summed E-state index contributed by atoms with van der Waals surface area (Å²) in [6, 6.07) is 2.23. The van der Waals surface area contributed by atoms with Gasteiger partial charge in [-0.15, -0.1) is 0 Å². The highest BCUT2D eigenvalue weighted by Crippen LogP contribution is 2.35. The summed E-state index contributed by atoms with van der Waals surface area (Å²) >= 11 is 0. The molecular weight excluding hydrogens is 202 g/mol. The van der Waals surface area contributed by atoms with Crippen molar-refractivity contribution in [3.63, 3.8) is 0 Å². The zero-order valence-corrected chi connectivity index (χ0v) is 9.35. The van der Waals surface area contributed by atoms with Gasteiger partial charge in [0.05, 0.1) is 19.3 Å². The minimum atomic E-state index is 0.175. The van der Waals surface area contributed by atoms with Gasteiger partial charge in [-0.25, -0.2) is 9.97 Å². The van der Waals surface area contributed by atoms with Crippen molar-refractivity contribution in [2.45, 2.75) is 31.2 Å². The average molecular weight is 219 g/mol. The molecule has 3 rings (SSSR count). The van der Waals surface area contributed by atoms with Gasteiger partial charge in [-0.2, -0.15) is 0 Å². The number of rotatable bonds is 2. The largest absolute Gasteiger partial charge is 0.378 e. The van der Waals surface area contributed by atoms with Gasteiger partial charge in [0.1, 0.15) is 5.82 Å². The van der Waals surface area contributed by atoms with E-state index in [-0.39, 0.29) is 6.04 Å². The van der Waals surface area contributed by atoms with E-state index in [1.165, 1.54) is 25.0 Å².